The van der Waals surface area contributed by atoms with Gasteiger partial charge in [-0.05, 0) is 75.4 Å². The van der Waals surface area contributed by atoms with E-state index in [4.69, 9.17) is 4.74 Å². The fraction of sp³-hybridized carbons (Fsp3) is 0.345. The van der Waals surface area contributed by atoms with Crippen molar-refractivity contribution in [3.05, 3.63) is 83.0 Å². The number of fused-ring (bicyclic) bond motifs is 1. The van der Waals surface area contributed by atoms with Crippen LogP contribution in [0.25, 0.3) is 22.2 Å². The van der Waals surface area contributed by atoms with Crippen molar-refractivity contribution < 1.29 is 4.74 Å². The van der Waals surface area contributed by atoms with Crippen LogP contribution in [0.5, 0.6) is 11.5 Å². The van der Waals surface area contributed by atoms with E-state index in [0.29, 0.717) is 46.9 Å². The van der Waals surface area contributed by atoms with Crippen LogP contribution in [0.3, 0.4) is 0 Å². The second kappa shape index (κ2) is 10.0. The van der Waals surface area contributed by atoms with Gasteiger partial charge in [-0.25, -0.2) is 9.97 Å². The third kappa shape index (κ3) is 5.13. The number of likely N-dealkylation sites (tertiary alicyclic amines) is 1. The average Bonchev–Trinajstić information content (AvgIpc) is 2.88. The first kappa shape index (κ1) is 23.2. The van der Waals surface area contributed by atoms with Gasteiger partial charge in [-0.15, -0.1) is 0 Å². The van der Waals surface area contributed by atoms with Crippen molar-refractivity contribution in [2.45, 2.75) is 46.2 Å². The lowest BCUT2D eigenvalue weighted by Gasteiger charge is -2.35. The molecule has 1 aliphatic heterocycles. The number of aromatic nitrogens is 3. The number of hydrogen-bond acceptors (Lipinski definition) is 5. The molecule has 0 radical (unpaired) electrons. The Balaban J connectivity index is 1.38. The van der Waals surface area contributed by atoms with Crippen molar-refractivity contribution in [2.75, 3.05) is 13.1 Å². The number of rotatable bonds is 6. The number of nitrogens with zero attached hydrogens (tertiary/aromatic N) is 4. The molecule has 4 aromatic rings. The van der Waals surface area contributed by atoms with E-state index in [1.807, 2.05) is 54.0 Å². The lowest BCUT2D eigenvalue weighted by atomic mass is 9.97. The van der Waals surface area contributed by atoms with Crippen molar-refractivity contribution in [1.29, 1.82) is 0 Å². The Hall–Kier alpha value is -3.51. The van der Waals surface area contributed by atoms with Gasteiger partial charge in [0.15, 0.2) is 5.65 Å². The van der Waals surface area contributed by atoms with E-state index in [1.54, 1.807) is 12.3 Å². The lowest BCUT2D eigenvalue weighted by Crippen LogP contribution is -2.42. The Labute approximate surface area is 206 Å². The van der Waals surface area contributed by atoms with E-state index < -0.39 is 0 Å². The maximum absolute atomic E-state index is 13.5. The zero-order valence-corrected chi connectivity index (χ0v) is 20.6. The van der Waals surface area contributed by atoms with Crippen molar-refractivity contribution in [3.63, 3.8) is 0 Å². The fourth-order valence-corrected chi connectivity index (χ4v) is 4.92. The molecule has 0 aliphatic carbocycles. The van der Waals surface area contributed by atoms with E-state index in [0.717, 1.165) is 30.6 Å². The van der Waals surface area contributed by atoms with Gasteiger partial charge in [-0.2, -0.15) is 0 Å². The minimum Gasteiger partial charge on any atom is -0.456 e. The molecule has 35 heavy (non-hydrogen) atoms. The van der Waals surface area contributed by atoms with E-state index >= 15 is 0 Å². The van der Waals surface area contributed by atoms with Crippen molar-refractivity contribution >= 4 is 11.0 Å². The summed E-state index contributed by atoms with van der Waals surface area (Å²) in [5.74, 6) is 2.38. The molecule has 1 saturated heterocycles. The molecule has 0 spiro atoms. The van der Waals surface area contributed by atoms with Crippen molar-refractivity contribution in [2.24, 2.45) is 5.92 Å². The van der Waals surface area contributed by atoms with E-state index in [1.165, 1.54) is 6.42 Å². The highest BCUT2D eigenvalue weighted by atomic mass is 16.5. The summed E-state index contributed by atoms with van der Waals surface area (Å²) in [5, 5.41) is 0.491. The standard InChI is InChI=1S/C29H32N4O2/c1-20(2)32-15-7-8-22(18-32)19-33-21(3)31-28-27(29(33)34)16-26(17-30-28)35-25-13-11-24(12-14-25)23-9-5-4-6-10-23/h4-6,9-14,16-17,20,22H,7-8,15,18-19H2,1-3H3/t22-/m0/s1. The second-order valence-corrected chi connectivity index (χ2v) is 9.71. The van der Waals surface area contributed by atoms with Gasteiger partial charge in [0.05, 0.1) is 11.6 Å². The molecule has 3 heterocycles. The maximum Gasteiger partial charge on any atom is 0.263 e. The molecule has 0 bridgehead atoms. The van der Waals surface area contributed by atoms with Crippen LogP contribution in [0.1, 0.15) is 32.5 Å². The normalized spacial score (nSPS) is 16.6. The molecule has 0 N–H and O–H groups in total. The van der Waals surface area contributed by atoms with Crippen LogP contribution in [-0.4, -0.2) is 38.6 Å². The zero-order valence-electron chi connectivity index (χ0n) is 20.6. The van der Waals surface area contributed by atoms with Crippen LogP contribution >= 0.6 is 0 Å². The molecule has 1 atom stereocenters. The highest BCUT2D eigenvalue weighted by molar-refractivity contribution is 5.75. The Morgan fingerprint density at radius 3 is 2.51 bits per heavy atom. The van der Waals surface area contributed by atoms with Crippen LogP contribution < -0.4 is 10.3 Å². The molecule has 0 unspecified atom stereocenters. The lowest BCUT2D eigenvalue weighted by molar-refractivity contribution is 0.129. The van der Waals surface area contributed by atoms with Gasteiger partial charge >= 0.3 is 0 Å². The topological polar surface area (TPSA) is 60.3 Å². The summed E-state index contributed by atoms with van der Waals surface area (Å²) >= 11 is 0. The number of benzene rings is 2. The largest absolute Gasteiger partial charge is 0.456 e. The van der Waals surface area contributed by atoms with E-state index in [9.17, 15) is 4.79 Å². The highest BCUT2D eigenvalue weighted by Gasteiger charge is 2.23. The van der Waals surface area contributed by atoms with Crippen molar-refractivity contribution in [3.8, 4) is 22.6 Å². The smallest absolute Gasteiger partial charge is 0.263 e. The molecule has 6 nitrogen and oxygen atoms in total. The van der Waals surface area contributed by atoms with Crippen molar-refractivity contribution in [1.82, 2.24) is 19.4 Å². The Morgan fingerprint density at radius 2 is 1.77 bits per heavy atom. The Kier molecular flexibility index (Phi) is 6.64. The summed E-state index contributed by atoms with van der Waals surface area (Å²) in [6.07, 6.45) is 3.93. The van der Waals surface area contributed by atoms with Gasteiger partial charge in [0.2, 0.25) is 0 Å². The predicted octanol–water partition coefficient (Wildman–Crippen LogP) is 5.68. The summed E-state index contributed by atoms with van der Waals surface area (Å²) in [6.45, 7) is 9.20. The molecule has 2 aromatic heterocycles. The number of piperidine rings is 1. The average molecular weight is 469 g/mol. The minimum absolute atomic E-state index is 0.0495. The van der Waals surface area contributed by atoms with Crippen LogP contribution in [0.2, 0.25) is 0 Å². The summed E-state index contributed by atoms with van der Waals surface area (Å²) in [6, 6.07) is 20.4. The van der Waals surface area contributed by atoms with Gasteiger partial charge in [0, 0.05) is 19.1 Å². The number of hydrogen-bond donors (Lipinski definition) is 0. The summed E-state index contributed by atoms with van der Waals surface area (Å²) in [4.78, 5) is 25.0. The Morgan fingerprint density at radius 1 is 1.03 bits per heavy atom. The molecule has 1 aliphatic rings. The molecular weight excluding hydrogens is 436 g/mol. The summed E-state index contributed by atoms with van der Waals surface area (Å²) < 4.78 is 7.86. The number of pyridine rings is 1. The molecule has 5 rings (SSSR count). The van der Waals surface area contributed by atoms with Crippen LogP contribution in [0.4, 0.5) is 0 Å². The first-order chi connectivity index (χ1) is 17.0. The van der Waals surface area contributed by atoms with Crippen LogP contribution in [0, 0.1) is 12.8 Å². The molecule has 6 heteroatoms. The number of ether oxygens (including phenoxy) is 1. The molecular formula is C29H32N4O2. The van der Waals surface area contributed by atoms with E-state index in [-0.39, 0.29) is 5.56 Å². The van der Waals surface area contributed by atoms with Gasteiger partial charge in [-0.3, -0.25) is 9.36 Å². The first-order valence-corrected chi connectivity index (χ1v) is 12.4. The van der Waals surface area contributed by atoms with E-state index in [2.05, 4.69) is 40.8 Å². The summed E-state index contributed by atoms with van der Waals surface area (Å²) in [5.41, 5.74) is 2.69. The molecule has 180 valence electrons. The van der Waals surface area contributed by atoms with Gasteiger partial charge in [-0.1, -0.05) is 42.5 Å². The zero-order chi connectivity index (χ0) is 24.4. The summed E-state index contributed by atoms with van der Waals surface area (Å²) in [7, 11) is 0. The van der Waals surface area contributed by atoms with Gasteiger partial charge < -0.3 is 9.64 Å². The molecule has 1 fully saturated rings. The van der Waals surface area contributed by atoms with Crippen LogP contribution in [-0.2, 0) is 6.54 Å². The maximum atomic E-state index is 13.5. The predicted molar refractivity (Wildman–Crippen MR) is 140 cm³/mol. The van der Waals surface area contributed by atoms with Gasteiger partial charge in [0.25, 0.3) is 5.56 Å². The second-order valence-electron chi connectivity index (χ2n) is 9.71. The van der Waals surface area contributed by atoms with Crippen LogP contribution in [0.15, 0.2) is 71.7 Å². The molecule has 0 saturated carbocycles. The third-order valence-corrected chi connectivity index (χ3v) is 6.89. The number of aryl methyl sites for hydroxylation is 1. The fourth-order valence-electron chi connectivity index (χ4n) is 4.92. The SMILES string of the molecule is Cc1nc2ncc(Oc3ccc(-c4ccccc4)cc3)cc2c(=O)n1C[C@H]1CCCN(C(C)C)C1. The first-order valence-electron chi connectivity index (χ1n) is 12.4. The quantitative estimate of drug-likeness (QED) is 0.364. The third-order valence-electron chi connectivity index (χ3n) is 6.89. The minimum atomic E-state index is -0.0495. The molecule has 2 aromatic carbocycles. The van der Waals surface area contributed by atoms with Gasteiger partial charge in [0.1, 0.15) is 17.3 Å². The molecule has 0 amide bonds. The highest BCUT2D eigenvalue weighted by Crippen LogP contribution is 2.27. The monoisotopic (exact) mass is 468 g/mol. The Bertz CT molecular complexity index is 1360.